The number of ether oxygens (including phenoxy) is 2. The van der Waals surface area contributed by atoms with Crippen LogP contribution in [-0.4, -0.2) is 25.3 Å². The monoisotopic (exact) mass is 200 g/mol. The molecule has 82 valence electrons. The largest absolute Gasteiger partial charge is 0.353 e. The third kappa shape index (κ3) is 4.20. The molecule has 1 rings (SSSR count). The van der Waals surface area contributed by atoms with Gasteiger partial charge in [0.1, 0.15) is 12.4 Å². The van der Waals surface area contributed by atoms with Gasteiger partial charge in [0, 0.05) is 6.61 Å². The second-order valence-electron chi connectivity index (χ2n) is 3.75. The maximum atomic E-state index is 10.7. The van der Waals surface area contributed by atoms with Crippen molar-refractivity contribution < 1.29 is 14.3 Å². The average molecular weight is 200 g/mol. The van der Waals surface area contributed by atoms with Crippen molar-refractivity contribution in [3.8, 4) is 0 Å². The van der Waals surface area contributed by atoms with Gasteiger partial charge in [0.25, 0.3) is 0 Å². The number of hydrogen-bond donors (Lipinski definition) is 0. The van der Waals surface area contributed by atoms with Crippen LogP contribution in [0.3, 0.4) is 0 Å². The molecule has 0 aromatic heterocycles. The Bertz CT molecular complexity index is 153. The summed E-state index contributed by atoms with van der Waals surface area (Å²) >= 11 is 0. The molecule has 2 atom stereocenters. The second-order valence-corrected chi connectivity index (χ2v) is 3.75. The summed E-state index contributed by atoms with van der Waals surface area (Å²) in [6, 6.07) is 0. The quantitative estimate of drug-likeness (QED) is 0.617. The Kier molecular flexibility index (Phi) is 5.80. The first kappa shape index (κ1) is 11.7. The number of hydrogen-bond acceptors (Lipinski definition) is 3. The van der Waals surface area contributed by atoms with Crippen LogP contribution in [0.2, 0.25) is 0 Å². The lowest BCUT2D eigenvalue weighted by atomic mass is 10.1. The normalized spacial score (nSPS) is 24.5. The first-order valence-electron chi connectivity index (χ1n) is 5.59. The van der Waals surface area contributed by atoms with Gasteiger partial charge in [-0.3, -0.25) is 0 Å². The lowest BCUT2D eigenvalue weighted by Crippen LogP contribution is -2.28. The Morgan fingerprint density at radius 3 is 3.00 bits per heavy atom. The van der Waals surface area contributed by atoms with E-state index in [1.807, 2.05) is 0 Å². The lowest BCUT2D eigenvalue weighted by molar-refractivity contribution is -0.187. The van der Waals surface area contributed by atoms with E-state index in [9.17, 15) is 4.79 Å². The molecule has 1 aliphatic rings. The summed E-state index contributed by atoms with van der Waals surface area (Å²) in [6.45, 7) is 2.88. The molecule has 3 nitrogen and oxygen atoms in total. The number of aldehydes is 1. The summed E-state index contributed by atoms with van der Waals surface area (Å²) in [6.07, 6.45) is 6.62. The van der Waals surface area contributed by atoms with Gasteiger partial charge in [0.05, 0.1) is 0 Å². The van der Waals surface area contributed by atoms with Crippen LogP contribution in [0.15, 0.2) is 0 Å². The van der Waals surface area contributed by atoms with Crippen LogP contribution in [0.4, 0.5) is 0 Å². The van der Waals surface area contributed by atoms with Crippen molar-refractivity contribution in [2.45, 2.75) is 57.8 Å². The molecule has 1 aliphatic heterocycles. The summed E-state index contributed by atoms with van der Waals surface area (Å²) in [4.78, 5) is 10.7. The molecule has 0 spiro atoms. The standard InChI is InChI=1S/C11H20O3/c1-2-3-6-10(9-12)14-11-7-4-5-8-13-11/h9-11H,2-8H2,1H3. The average Bonchev–Trinajstić information content (AvgIpc) is 2.25. The van der Waals surface area contributed by atoms with Gasteiger partial charge < -0.3 is 14.3 Å². The SMILES string of the molecule is CCCCC(C=O)OC1CCCCO1. The second kappa shape index (κ2) is 6.96. The minimum absolute atomic E-state index is 0.143. The Morgan fingerprint density at radius 2 is 2.43 bits per heavy atom. The van der Waals surface area contributed by atoms with Gasteiger partial charge in [-0.05, 0) is 25.7 Å². The zero-order valence-corrected chi connectivity index (χ0v) is 8.91. The van der Waals surface area contributed by atoms with E-state index in [1.165, 1.54) is 0 Å². The van der Waals surface area contributed by atoms with E-state index in [0.717, 1.165) is 51.4 Å². The van der Waals surface area contributed by atoms with Crippen LogP contribution < -0.4 is 0 Å². The molecule has 14 heavy (non-hydrogen) atoms. The van der Waals surface area contributed by atoms with E-state index >= 15 is 0 Å². The summed E-state index contributed by atoms with van der Waals surface area (Å²) in [5.74, 6) is 0. The van der Waals surface area contributed by atoms with Crippen molar-refractivity contribution in [2.75, 3.05) is 6.61 Å². The van der Waals surface area contributed by atoms with Gasteiger partial charge in [-0.2, -0.15) is 0 Å². The molecule has 0 aliphatic carbocycles. The fourth-order valence-corrected chi connectivity index (χ4v) is 1.59. The van der Waals surface area contributed by atoms with E-state index in [0.29, 0.717) is 0 Å². The highest BCUT2D eigenvalue weighted by Crippen LogP contribution is 2.16. The molecule has 0 amide bonds. The van der Waals surface area contributed by atoms with Crippen molar-refractivity contribution in [1.29, 1.82) is 0 Å². The Hall–Kier alpha value is -0.410. The molecule has 1 saturated heterocycles. The van der Waals surface area contributed by atoms with Crippen LogP contribution in [0, 0.1) is 0 Å². The van der Waals surface area contributed by atoms with E-state index in [2.05, 4.69) is 6.92 Å². The smallest absolute Gasteiger partial charge is 0.158 e. The van der Waals surface area contributed by atoms with Crippen LogP contribution >= 0.6 is 0 Å². The Balaban J connectivity index is 2.20. The minimum atomic E-state index is -0.266. The molecule has 0 saturated carbocycles. The molecule has 1 heterocycles. The molecule has 0 aromatic rings. The van der Waals surface area contributed by atoms with Crippen LogP contribution in [-0.2, 0) is 14.3 Å². The van der Waals surface area contributed by atoms with Crippen molar-refractivity contribution >= 4 is 6.29 Å². The van der Waals surface area contributed by atoms with Gasteiger partial charge in [-0.1, -0.05) is 19.8 Å². The maximum Gasteiger partial charge on any atom is 0.158 e. The number of carbonyl (C=O) groups is 1. The van der Waals surface area contributed by atoms with Crippen molar-refractivity contribution in [3.63, 3.8) is 0 Å². The zero-order valence-electron chi connectivity index (χ0n) is 8.91. The number of carbonyl (C=O) groups excluding carboxylic acids is 1. The highest BCUT2D eigenvalue weighted by atomic mass is 16.7. The third-order valence-corrected chi connectivity index (χ3v) is 2.46. The molecular weight excluding hydrogens is 180 g/mol. The maximum absolute atomic E-state index is 10.7. The lowest BCUT2D eigenvalue weighted by Gasteiger charge is -2.25. The molecule has 1 fully saturated rings. The van der Waals surface area contributed by atoms with Gasteiger partial charge in [-0.25, -0.2) is 0 Å². The molecular formula is C11H20O3. The van der Waals surface area contributed by atoms with Gasteiger partial charge >= 0.3 is 0 Å². The van der Waals surface area contributed by atoms with Crippen LogP contribution in [0.1, 0.15) is 45.4 Å². The van der Waals surface area contributed by atoms with Crippen molar-refractivity contribution in [2.24, 2.45) is 0 Å². The van der Waals surface area contributed by atoms with Gasteiger partial charge in [-0.15, -0.1) is 0 Å². The summed E-state index contributed by atoms with van der Waals surface area (Å²) in [5, 5.41) is 0. The summed E-state index contributed by atoms with van der Waals surface area (Å²) in [5.41, 5.74) is 0. The van der Waals surface area contributed by atoms with Crippen LogP contribution in [0.25, 0.3) is 0 Å². The third-order valence-electron chi connectivity index (χ3n) is 2.46. The summed E-state index contributed by atoms with van der Waals surface area (Å²) in [7, 11) is 0. The minimum Gasteiger partial charge on any atom is -0.353 e. The zero-order chi connectivity index (χ0) is 10.2. The van der Waals surface area contributed by atoms with Crippen molar-refractivity contribution in [1.82, 2.24) is 0 Å². The Labute approximate surface area is 85.8 Å². The van der Waals surface area contributed by atoms with Crippen molar-refractivity contribution in [3.05, 3.63) is 0 Å². The topological polar surface area (TPSA) is 35.5 Å². The summed E-state index contributed by atoms with van der Waals surface area (Å²) < 4.78 is 11.0. The number of unbranched alkanes of at least 4 members (excludes halogenated alkanes) is 1. The molecule has 0 N–H and O–H groups in total. The fraction of sp³-hybridized carbons (Fsp3) is 0.909. The first-order chi connectivity index (χ1) is 6.86. The van der Waals surface area contributed by atoms with E-state index < -0.39 is 0 Å². The molecule has 3 heteroatoms. The van der Waals surface area contributed by atoms with E-state index in [-0.39, 0.29) is 12.4 Å². The fourth-order valence-electron chi connectivity index (χ4n) is 1.59. The number of rotatable bonds is 6. The van der Waals surface area contributed by atoms with Crippen LogP contribution in [0.5, 0.6) is 0 Å². The predicted molar refractivity (Wildman–Crippen MR) is 54.1 cm³/mol. The van der Waals surface area contributed by atoms with E-state index in [4.69, 9.17) is 9.47 Å². The van der Waals surface area contributed by atoms with Gasteiger partial charge in [0.15, 0.2) is 6.29 Å². The molecule has 0 aromatic carbocycles. The van der Waals surface area contributed by atoms with E-state index in [1.54, 1.807) is 0 Å². The first-order valence-corrected chi connectivity index (χ1v) is 5.59. The molecule has 0 radical (unpaired) electrons. The highest BCUT2D eigenvalue weighted by molar-refractivity contribution is 5.55. The molecule has 2 unspecified atom stereocenters. The predicted octanol–water partition coefficient (Wildman–Crippen LogP) is 2.29. The molecule has 0 bridgehead atoms. The Morgan fingerprint density at radius 1 is 1.57 bits per heavy atom. The highest BCUT2D eigenvalue weighted by Gasteiger charge is 2.18. The van der Waals surface area contributed by atoms with Gasteiger partial charge in [0.2, 0.25) is 0 Å².